The van der Waals surface area contributed by atoms with E-state index in [9.17, 15) is 24.0 Å². The Balaban J connectivity index is 1.85. The third-order valence-corrected chi connectivity index (χ3v) is 8.52. The zero-order valence-corrected chi connectivity index (χ0v) is 20.0. The maximum atomic E-state index is 13.0. The number of carbonyl (C=O) groups is 3. The minimum Gasteiger partial charge on any atom is -0.615 e. The van der Waals surface area contributed by atoms with E-state index in [2.05, 4.69) is 15.5 Å². The molecule has 172 valence electrons. The first kappa shape index (κ1) is 24.4. The van der Waals surface area contributed by atoms with Crippen LogP contribution in [0, 0.1) is 18.3 Å². The van der Waals surface area contributed by atoms with Crippen molar-refractivity contribution in [3.8, 4) is 6.07 Å². The fraction of sp³-hybridized carbons (Fsp3) is 0.529. The quantitative estimate of drug-likeness (QED) is 0.198. The van der Waals surface area contributed by atoms with Gasteiger partial charge < -0.3 is 24.3 Å². The summed E-state index contributed by atoms with van der Waals surface area (Å²) >= 11 is 0.728. The van der Waals surface area contributed by atoms with E-state index in [1.165, 1.54) is 36.9 Å². The smallest absolute Gasteiger partial charge is 0.352 e. The van der Waals surface area contributed by atoms with Gasteiger partial charge >= 0.3 is 5.97 Å². The minimum atomic E-state index is -1.85. The van der Waals surface area contributed by atoms with Gasteiger partial charge in [0, 0.05) is 25.7 Å². The lowest BCUT2D eigenvalue weighted by Crippen LogP contribution is -2.81. The number of fused-ring (bicyclic) bond motifs is 1. The number of nitrogens with zero attached hydrogens (tertiary/aromatic N) is 5. The van der Waals surface area contributed by atoms with Crippen molar-refractivity contribution in [3.63, 3.8) is 0 Å². The Morgan fingerprint density at radius 1 is 1.56 bits per heavy atom. The number of nitrogens with one attached hydrogen (secondary N) is 1. The summed E-state index contributed by atoms with van der Waals surface area (Å²) in [6.45, 7) is 1.79. The van der Waals surface area contributed by atoms with Crippen molar-refractivity contribution in [2.45, 2.75) is 28.4 Å². The molecule has 15 heteroatoms. The van der Waals surface area contributed by atoms with Crippen LogP contribution in [0.5, 0.6) is 0 Å². The van der Waals surface area contributed by atoms with E-state index >= 15 is 0 Å². The molecule has 1 aromatic rings. The number of carboxylic acid groups (broad SMARTS) is 1. The number of hydrogen-bond donors (Lipinski definition) is 2. The third kappa shape index (κ3) is 3.97. The number of rotatable bonds is 8. The molecule has 0 bridgehead atoms. The van der Waals surface area contributed by atoms with Crippen LogP contribution in [-0.2, 0) is 37.3 Å². The van der Waals surface area contributed by atoms with E-state index in [0.717, 1.165) is 4.90 Å². The Bertz CT molecular complexity index is 1040. The summed E-state index contributed by atoms with van der Waals surface area (Å²) in [5.41, 5.74) is -1.52. The van der Waals surface area contributed by atoms with Crippen LogP contribution in [0.15, 0.2) is 16.4 Å². The number of aryl methyl sites for hydroxylation is 1. The molecule has 0 spiro atoms. The molecular formula is C17H20N6O6S3. The number of hydrogen-bond acceptors (Lipinski definition) is 10. The lowest BCUT2D eigenvalue weighted by atomic mass is 9.98. The Kier molecular flexibility index (Phi) is 7.10. The van der Waals surface area contributed by atoms with Crippen LogP contribution in [-0.4, -0.2) is 88.3 Å². The van der Waals surface area contributed by atoms with Crippen molar-refractivity contribution in [3.05, 3.63) is 17.1 Å². The number of aliphatic carboxylic acids is 1. The van der Waals surface area contributed by atoms with Gasteiger partial charge in [-0.05, 0) is 23.7 Å². The van der Waals surface area contributed by atoms with Crippen LogP contribution in [0.4, 0.5) is 0 Å². The van der Waals surface area contributed by atoms with Crippen molar-refractivity contribution in [2.75, 3.05) is 24.9 Å². The Labute approximate surface area is 194 Å². The number of methoxy groups -OCH3 is 1. The second-order valence-corrected chi connectivity index (χ2v) is 10.4. The molecule has 3 rings (SSSR count). The standard InChI is InChI=1S/C17H20N6O6S3/c1-8-20-21-16(22(8)2)31-7-9-6-30-15-17(29-3,14(27)23(15)11(9)13(25)26)19-12(24)10(5-18)32(4)28/h10,15H,6-7H2,1-4H3,(H,19,24)(H,25,26)/t10?,15-,17-,32?/m0/s1. The first-order valence-corrected chi connectivity index (χ1v) is 12.7. The maximum absolute atomic E-state index is 13.0. The van der Waals surface area contributed by atoms with Gasteiger partial charge in [0.05, 0.1) is 6.26 Å². The number of thioether (sulfide) groups is 2. The average molecular weight is 501 g/mol. The largest absolute Gasteiger partial charge is 0.615 e. The zero-order valence-electron chi connectivity index (χ0n) is 17.5. The lowest BCUT2D eigenvalue weighted by molar-refractivity contribution is -0.192. The molecule has 0 radical (unpaired) electrons. The van der Waals surface area contributed by atoms with Gasteiger partial charge in [-0.2, -0.15) is 5.26 Å². The summed E-state index contributed by atoms with van der Waals surface area (Å²) in [6.07, 6.45) is 1.20. The molecule has 2 aliphatic heterocycles. The van der Waals surface area contributed by atoms with E-state index in [1.54, 1.807) is 24.6 Å². The average Bonchev–Trinajstić information content (AvgIpc) is 3.07. The number of ether oxygens (including phenoxy) is 1. The summed E-state index contributed by atoms with van der Waals surface area (Å²) in [7, 11) is 2.99. The van der Waals surface area contributed by atoms with Crippen molar-refractivity contribution in [1.82, 2.24) is 25.0 Å². The monoisotopic (exact) mass is 500 g/mol. The maximum Gasteiger partial charge on any atom is 0.352 e. The molecule has 0 saturated carbocycles. The normalized spacial score (nSPS) is 24.3. The van der Waals surface area contributed by atoms with E-state index in [1.807, 2.05) is 0 Å². The minimum absolute atomic E-state index is 0.178. The van der Waals surface area contributed by atoms with Crippen molar-refractivity contribution in [2.24, 2.45) is 7.05 Å². The van der Waals surface area contributed by atoms with Gasteiger partial charge in [0.1, 0.15) is 23.0 Å². The molecule has 1 fully saturated rings. The highest BCUT2D eigenvalue weighted by Gasteiger charge is 2.67. The van der Waals surface area contributed by atoms with E-state index in [-0.39, 0.29) is 17.2 Å². The van der Waals surface area contributed by atoms with Gasteiger partial charge in [0.2, 0.25) is 0 Å². The highest BCUT2D eigenvalue weighted by Crippen LogP contribution is 2.47. The molecule has 2 aliphatic rings. The number of amides is 2. The summed E-state index contributed by atoms with van der Waals surface area (Å²) in [6, 6.07) is 1.64. The molecule has 2 N–H and O–H groups in total. The summed E-state index contributed by atoms with van der Waals surface area (Å²) in [4.78, 5) is 38.6. The van der Waals surface area contributed by atoms with Gasteiger partial charge in [-0.25, -0.2) is 4.79 Å². The number of nitriles is 1. The fourth-order valence-electron chi connectivity index (χ4n) is 3.25. The van der Waals surface area contributed by atoms with Crippen molar-refractivity contribution in [1.29, 1.82) is 5.26 Å². The highest BCUT2D eigenvalue weighted by molar-refractivity contribution is 8.01. The Morgan fingerprint density at radius 3 is 2.75 bits per heavy atom. The lowest BCUT2D eigenvalue weighted by Gasteiger charge is -2.55. The fourth-order valence-corrected chi connectivity index (χ4v) is 6.29. The molecule has 0 aromatic carbocycles. The topological polar surface area (TPSA) is 174 Å². The summed E-state index contributed by atoms with van der Waals surface area (Å²) < 4.78 is 18.7. The third-order valence-electron chi connectivity index (χ3n) is 5.06. The summed E-state index contributed by atoms with van der Waals surface area (Å²) in [5, 5.41) is 27.6. The van der Waals surface area contributed by atoms with Crippen LogP contribution >= 0.6 is 23.5 Å². The van der Waals surface area contributed by atoms with Gasteiger partial charge in [-0.15, -0.1) is 22.0 Å². The molecule has 1 saturated heterocycles. The van der Waals surface area contributed by atoms with Gasteiger partial charge in [-0.1, -0.05) is 11.8 Å². The van der Waals surface area contributed by atoms with Crippen molar-refractivity contribution >= 4 is 52.5 Å². The number of aromatic nitrogens is 3. The second-order valence-electron chi connectivity index (χ2n) is 6.91. The van der Waals surface area contributed by atoms with E-state index in [0.29, 0.717) is 16.6 Å². The van der Waals surface area contributed by atoms with Crippen molar-refractivity contribution < 1.29 is 28.8 Å². The van der Waals surface area contributed by atoms with Gasteiger partial charge in [0.15, 0.2) is 5.16 Å². The van der Waals surface area contributed by atoms with E-state index < -0.39 is 45.3 Å². The SMILES string of the molecule is CO[C@@]1(NC(=O)C(C#N)[S+](C)[O-])C(=O)N2C(C(=O)O)=C(CSc3nnc(C)n3C)CS[C@H]21. The summed E-state index contributed by atoms with van der Waals surface area (Å²) in [5.74, 6) is -1.74. The molecule has 3 heterocycles. The first-order chi connectivity index (χ1) is 15.1. The molecule has 2 amide bonds. The van der Waals surface area contributed by atoms with Gasteiger partial charge in [-0.3, -0.25) is 14.5 Å². The van der Waals surface area contributed by atoms with E-state index in [4.69, 9.17) is 10.00 Å². The Hall–Kier alpha value is -2.25. The second kappa shape index (κ2) is 9.32. The highest BCUT2D eigenvalue weighted by atomic mass is 32.2. The van der Waals surface area contributed by atoms with Crippen LogP contribution in [0.3, 0.4) is 0 Å². The van der Waals surface area contributed by atoms with Crippen LogP contribution < -0.4 is 5.32 Å². The van der Waals surface area contributed by atoms with Crippen LogP contribution in [0.2, 0.25) is 0 Å². The molecule has 2 unspecified atom stereocenters. The predicted molar refractivity (Wildman–Crippen MR) is 116 cm³/mol. The molecular weight excluding hydrogens is 480 g/mol. The number of carbonyl (C=O) groups excluding carboxylic acids is 2. The number of β-lactam (4-membered cyclic amide) rings is 1. The molecule has 32 heavy (non-hydrogen) atoms. The predicted octanol–water partition coefficient (Wildman–Crippen LogP) is -0.801. The van der Waals surface area contributed by atoms with Gasteiger partial charge in [0.25, 0.3) is 22.8 Å². The van der Waals surface area contributed by atoms with Crippen LogP contribution in [0.25, 0.3) is 0 Å². The molecule has 12 nitrogen and oxygen atoms in total. The molecule has 0 aliphatic carbocycles. The first-order valence-electron chi connectivity index (χ1n) is 9.07. The molecule has 4 atom stereocenters. The van der Waals surface area contributed by atoms with Crippen LogP contribution in [0.1, 0.15) is 5.82 Å². The number of carboxylic acids is 1. The zero-order chi connectivity index (χ0) is 23.8. The molecule has 1 aromatic heterocycles. The Morgan fingerprint density at radius 2 is 2.25 bits per heavy atom.